The van der Waals surface area contributed by atoms with Crippen LogP contribution in [0.3, 0.4) is 0 Å². The number of phenols is 1. The quantitative estimate of drug-likeness (QED) is 0.0675. The molecule has 0 bridgehead atoms. The molecular formula is C62H86N12O14S. The van der Waals surface area contributed by atoms with Crippen LogP contribution in [0.1, 0.15) is 76.8 Å². The lowest BCUT2D eigenvalue weighted by Crippen LogP contribution is -2.64. The number of fused-ring (bicyclic) bond motifs is 2. The van der Waals surface area contributed by atoms with Crippen molar-refractivity contribution < 1.29 is 69.2 Å². The first-order valence-electron chi connectivity index (χ1n) is 30.8. The number of nitrogens with one attached hydrogen (secondary N) is 5. The number of aromatic nitrogens is 2. The number of hydrogen-bond acceptors (Lipinski definition) is 21. The predicted molar refractivity (Wildman–Crippen MR) is 329 cm³/mol. The summed E-state index contributed by atoms with van der Waals surface area (Å²) >= 11 is 1.44. The Bertz CT molecular complexity index is 3090. The number of methoxy groups -OCH3 is 1. The summed E-state index contributed by atoms with van der Waals surface area (Å²) in [4.78, 5) is 94.1. The summed E-state index contributed by atoms with van der Waals surface area (Å²) in [5.41, 5.74) is 9.70. The second-order valence-corrected chi connectivity index (χ2v) is 25.6. The van der Waals surface area contributed by atoms with Crippen LogP contribution in [-0.2, 0) is 41.7 Å². The van der Waals surface area contributed by atoms with E-state index in [0.717, 1.165) is 58.0 Å². The van der Waals surface area contributed by atoms with Gasteiger partial charge >= 0.3 is 0 Å². The Kier molecular flexibility index (Phi) is 22.3. The van der Waals surface area contributed by atoms with Crippen molar-refractivity contribution in [3.8, 4) is 32.6 Å². The molecule has 1 saturated carbocycles. The van der Waals surface area contributed by atoms with Crippen LogP contribution in [-0.4, -0.2) is 234 Å². The van der Waals surface area contributed by atoms with E-state index in [4.69, 9.17) is 10.5 Å². The number of anilines is 1. The number of nitrogens with two attached hydrogens (primary N) is 1. The van der Waals surface area contributed by atoms with Crippen LogP contribution < -0.4 is 42.0 Å². The molecule has 1 aromatic heterocycles. The van der Waals surface area contributed by atoms with E-state index in [2.05, 4.69) is 77.8 Å². The van der Waals surface area contributed by atoms with Gasteiger partial charge in [-0.3, -0.25) is 33.7 Å². The number of hydrogen-bond donors (Lipinski definition) is 13. The van der Waals surface area contributed by atoms with Gasteiger partial charge in [0.1, 0.15) is 40.2 Å². The summed E-state index contributed by atoms with van der Waals surface area (Å²) in [6.07, 6.45) is -5.76. The monoisotopic (exact) mass is 1250 g/mol. The molecule has 1 aliphatic carbocycles. The number of aromatic hydroxyl groups is 1. The number of ether oxygens (including phenoxy) is 1. The van der Waals surface area contributed by atoms with E-state index in [0.29, 0.717) is 22.2 Å². The highest BCUT2D eigenvalue weighted by molar-refractivity contribution is 7.17. The molecular weight excluding hydrogens is 1170 g/mol. The van der Waals surface area contributed by atoms with Crippen molar-refractivity contribution in [2.75, 3.05) is 64.4 Å². The molecule has 5 aliphatic rings. The van der Waals surface area contributed by atoms with Gasteiger partial charge in [0.25, 0.3) is 0 Å². The third-order valence-corrected chi connectivity index (χ3v) is 19.1. The zero-order valence-corrected chi connectivity index (χ0v) is 51.5. The largest absolute Gasteiger partial charge is 0.504 e. The summed E-state index contributed by atoms with van der Waals surface area (Å²) in [6.45, 7) is 7.85. The van der Waals surface area contributed by atoms with Crippen molar-refractivity contribution in [1.29, 1.82) is 0 Å². The minimum absolute atomic E-state index is 0.0158. The van der Waals surface area contributed by atoms with Crippen molar-refractivity contribution in [3.63, 3.8) is 0 Å². The number of benzene rings is 3. The van der Waals surface area contributed by atoms with Gasteiger partial charge in [0, 0.05) is 94.0 Å². The number of amides is 6. The molecule has 4 aliphatic heterocycles. The van der Waals surface area contributed by atoms with Crippen LogP contribution in [0.4, 0.5) is 5.69 Å². The maximum absolute atomic E-state index is 14.7. The zero-order valence-electron chi connectivity index (χ0n) is 50.7. The highest BCUT2D eigenvalue weighted by atomic mass is 32.1. The summed E-state index contributed by atoms with van der Waals surface area (Å²) in [5.74, 6) is -6.28. The van der Waals surface area contributed by atoms with E-state index < -0.39 is 147 Å². The number of piperazine rings is 1. The van der Waals surface area contributed by atoms with Crippen LogP contribution in [0.15, 0.2) is 66.7 Å². The lowest BCUT2D eigenvalue weighted by molar-refractivity contribution is -0.147. The van der Waals surface area contributed by atoms with E-state index in [1.165, 1.54) is 74.9 Å². The number of rotatable bonds is 15. The first kappa shape index (κ1) is 66.5. The molecule has 0 spiro atoms. The van der Waals surface area contributed by atoms with Gasteiger partial charge in [-0.05, 0) is 105 Å². The molecule has 9 rings (SSSR count). The third-order valence-electron chi connectivity index (χ3n) is 18.1. The highest BCUT2D eigenvalue weighted by Gasteiger charge is 2.50. The average Bonchev–Trinajstić information content (AvgIpc) is 2.07. The Morgan fingerprint density at radius 1 is 0.708 bits per heavy atom. The fourth-order valence-corrected chi connectivity index (χ4v) is 13.6. The van der Waals surface area contributed by atoms with Crippen molar-refractivity contribution in [3.05, 3.63) is 77.9 Å². The Labute approximate surface area is 521 Å². The van der Waals surface area contributed by atoms with Crippen LogP contribution in [0, 0.1) is 11.8 Å². The van der Waals surface area contributed by atoms with Gasteiger partial charge in [0.05, 0.1) is 49.8 Å². The van der Waals surface area contributed by atoms with Crippen molar-refractivity contribution >= 4 is 52.5 Å². The number of phenolic OH excluding ortho intramolecular Hbond substituents is 1. The van der Waals surface area contributed by atoms with E-state index >= 15 is 0 Å². The minimum Gasteiger partial charge on any atom is -0.504 e. The number of aliphatic hydroxyl groups is 6. The topological polar surface area (TPSA) is 378 Å². The molecule has 1 unspecified atom stereocenters. The lowest BCUT2D eigenvalue weighted by atomic mass is 9.86. The number of β-amino-alcohol motifs (C(OH)–C–C–N with tert-alkyl or cyclic N) is 1. The first-order chi connectivity index (χ1) is 42.6. The molecule has 5 fully saturated rings. The van der Waals surface area contributed by atoms with E-state index in [1.807, 2.05) is 24.3 Å². The molecule has 13 atom stereocenters. The molecule has 26 nitrogen and oxygen atoms in total. The minimum atomic E-state index is -1.98. The normalized spacial score (nSPS) is 29.2. The maximum atomic E-state index is 14.7. The van der Waals surface area contributed by atoms with E-state index in [1.54, 1.807) is 6.92 Å². The van der Waals surface area contributed by atoms with Gasteiger partial charge in [-0.2, -0.15) is 0 Å². The van der Waals surface area contributed by atoms with Crippen LogP contribution in [0.5, 0.6) is 11.5 Å². The van der Waals surface area contributed by atoms with Crippen molar-refractivity contribution in [1.82, 2.24) is 51.5 Å². The number of carbonyl (C=O) groups excluding carboxylic acids is 6. The Hall–Kier alpha value is -6.92. The number of aliphatic hydroxyl groups excluding tert-OH is 6. The maximum Gasteiger partial charge on any atom is 0.248 e. The van der Waals surface area contributed by atoms with E-state index in [-0.39, 0.29) is 37.6 Å². The standard InChI is InChI=1S/C62H86N12O14S/c1-33-5-14-40(15-6-33)71-21-23-72(24-22-71)41-16-12-39(13-17-41)60-70-69-59(89-60)38-10-7-36(8-11-38)29-64-44-27-42(76)30-65-58(85)53-54(81)34(2)31-74(53)62(87)52(47(79)19-20-63)68-57(84)51(48(80)25-37-9-18-46(78)49(26-37)88-4)67-56(83)45-28-43(77)32-73(45)61(86)50(35(3)75)66-55(44)82/h7-13,16-18,26,33-35,40,42-45,47-48,50-54,64,75-81H,5-6,14-15,19-25,27-32,63H2,1-4H3,(H,65,85)(H,66,82)(H,67,83)(H,68,84)/t33?,34-,35+,40?,42+,43+,44?,45-,47+,48+,50-,51-,52-,53-,54-/m0/s1. The van der Waals surface area contributed by atoms with Gasteiger partial charge in [-0.25, -0.2) is 0 Å². The summed E-state index contributed by atoms with van der Waals surface area (Å²) in [5, 5.41) is 102. The van der Waals surface area contributed by atoms with Gasteiger partial charge in [0.2, 0.25) is 35.4 Å². The summed E-state index contributed by atoms with van der Waals surface area (Å²) in [6, 6.07) is 10.4. The predicted octanol–water partition coefficient (Wildman–Crippen LogP) is -1.06. The lowest BCUT2D eigenvalue weighted by Gasteiger charge is -2.42. The Morgan fingerprint density at radius 2 is 1.33 bits per heavy atom. The van der Waals surface area contributed by atoms with Crippen LogP contribution in [0.2, 0.25) is 0 Å². The first-order valence-corrected chi connectivity index (χ1v) is 31.6. The number of nitrogens with zero attached hydrogens (tertiary/aromatic N) is 6. The molecule has 89 heavy (non-hydrogen) atoms. The van der Waals surface area contributed by atoms with Crippen molar-refractivity contribution in [2.45, 2.75) is 158 Å². The second kappa shape index (κ2) is 29.8. The van der Waals surface area contributed by atoms with Gasteiger partial charge in [-0.1, -0.05) is 55.5 Å². The third kappa shape index (κ3) is 16.0. The van der Waals surface area contributed by atoms with Gasteiger partial charge in [0.15, 0.2) is 11.5 Å². The zero-order chi connectivity index (χ0) is 63.8. The summed E-state index contributed by atoms with van der Waals surface area (Å²) < 4.78 is 5.21. The van der Waals surface area contributed by atoms with Gasteiger partial charge < -0.3 is 87.5 Å². The molecule has 4 aromatic rings. The molecule has 3 aromatic carbocycles. The fourth-order valence-electron chi connectivity index (χ4n) is 12.7. The van der Waals surface area contributed by atoms with E-state index in [9.17, 15) is 64.5 Å². The molecule has 484 valence electrons. The smallest absolute Gasteiger partial charge is 0.248 e. The van der Waals surface area contributed by atoms with Crippen LogP contribution in [0.25, 0.3) is 21.1 Å². The molecule has 4 saturated heterocycles. The van der Waals surface area contributed by atoms with Crippen molar-refractivity contribution in [2.24, 2.45) is 17.6 Å². The Balaban J connectivity index is 0.934. The molecule has 27 heteroatoms. The van der Waals surface area contributed by atoms with Gasteiger partial charge in [-0.15, -0.1) is 10.2 Å². The second-order valence-electron chi connectivity index (χ2n) is 24.6. The fraction of sp³-hybridized carbons (Fsp3) is 0.581. The molecule has 14 N–H and O–H groups in total. The molecule has 5 heterocycles. The Morgan fingerprint density at radius 3 is 1.97 bits per heavy atom. The molecule has 6 amide bonds. The average molecular weight is 1260 g/mol. The molecule has 0 radical (unpaired) electrons. The van der Waals surface area contributed by atoms with Crippen LogP contribution >= 0.6 is 11.3 Å². The summed E-state index contributed by atoms with van der Waals surface area (Å²) in [7, 11) is 1.29. The highest BCUT2D eigenvalue weighted by Crippen LogP contribution is 2.34. The SMILES string of the molecule is COc1cc(C[C@@H](O)[C@@H]2NC(=O)[C@@H]3C[C@@H](O)CN3C(=O)[C@H]([C@@H](C)O)NC(=O)C(NCc3ccc(-c4nnc(-c5ccc(N6CCN(C7CCC(C)CC7)CC6)cc5)s4)cc3)C[C@@H](O)CNC(=O)[C@@H]3[C@@H](O)[C@@H](C)CN3C(=O)[C@H]([C@H](O)CCN)NC2=O)ccc1O. The number of carbonyl (C=O) groups is 6.